The largest absolute Gasteiger partial charge is 0.550 e. The van der Waals surface area contributed by atoms with Gasteiger partial charge in [-0.25, -0.2) is 0 Å². The second-order valence-electron chi connectivity index (χ2n) is 4.61. The summed E-state index contributed by atoms with van der Waals surface area (Å²) in [5.74, 6) is -1.89. The second kappa shape index (κ2) is 5.21. The quantitative estimate of drug-likeness (QED) is 0.780. The van der Waals surface area contributed by atoms with Crippen LogP contribution in [0.5, 0.6) is 0 Å². The molecule has 4 heteroatoms. The van der Waals surface area contributed by atoms with Gasteiger partial charge in [0.05, 0.1) is 0 Å². The molecule has 0 aliphatic carbocycles. The first-order chi connectivity index (χ1) is 8.63. The molecule has 1 amide bonds. The summed E-state index contributed by atoms with van der Waals surface area (Å²) in [5.41, 5.74) is 1.02. The molecule has 1 aromatic rings. The number of hydrogen-bond acceptors (Lipinski definition) is 3. The molecule has 0 N–H and O–H groups in total. The van der Waals surface area contributed by atoms with Crippen LogP contribution in [0.15, 0.2) is 30.3 Å². The maximum atomic E-state index is 11.9. The summed E-state index contributed by atoms with van der Waals surface area (Å²) in [7, 11) is 0. The van der Waals surface area contributed by atoms with Gasteiger partial charge in [0.25, 0.3) is 0 Å². The molecule has 1 aliphatic rings. The zero-order valence-corrected chi connectivity index (χ0v) is 10.3. The fraction of sp³-hybridized carbons (Fsp3) is 0.429. The van der Waals surface area contributed by atoms with Crippen LogP contribution in [-0.4, -0.2) is 22.8 Å². The van der Waals surface area contributed by atoms with Crippen molar-refractivity contribution in [2.75, 3.05) is 0 Å². The number of likely N-dealkylation sites (tertiary alicyclic amines) is 1. The highest BCUT2D eigenvalue weighted by Gasteiger charge is 2.38. The highest BCUT2D eigenvalue weighted by atomic mass is 16.4. The molecule has 0 saturated carbocycles. The average molecular weight is 246 g/mol. The van der Waals surface area contributed by atoms with Crippen LogP contribution in [0.2, 0.25) is 0 Å². The van der Waals surface area contributed by atoms with E-state index in [1.165, 1.54) is 0 Å². The van der Waals surface area contributed by atoms with E-state index in [0.717, 1.165) is 5.56 Å². The molecule has 1 saturated heterocycles. The van der Waals surface area contributed by atoms with Crippen LogP contribution in [0.1, 0.15) is 25.3 Å². The van der Waals surface area contributed by atoms with Crippen molar-refractivity contribution in [2.45, 2.75) is 32.4 Å². The summed E-state index contributed by atoms with van der Waals surface area (Å²) in [5, 5.41) is 11.0. The number of nitrogens with zero attached hydrogens (tertiary/aromatic N) is 1. The smallest absolute Gasteiger partial charge is 0.223 e. The summed E-state index contributed by atoms with van der Waals surface area (Å²) in [6.45, 7) is 2.37. The number of benzene rings is 1. The predicted molar refractivity (Wildman–Crippen MR) is 64.2 cm³/mol. The topological polar surface area (TPSA) is 60.4 Å². The molecule has 18 heavy (non-hydrogen) atoms. The van der Waals surface area contributed by atoms with E-state index in [0.29, 0.717) is 13.0 Å². The van der Waals surface area contributed by atoms with Crippen molar-refractivity contribution < 1.29 is 14.7 Å². The molecule has 2 unspecified atom stereocenters. The molecule has 0 bridgehead atoms. The van der Waals surface area contributed by atoms with Crippen LogP contribution in [0.4, 0.5) is 0 Å². The Kier molecular flexibility index (Phi) is 3.65. The number of amides is 1. The van der Waals surface area contributed by atoms with Gasteiger partial charge in [-0.05, 0) is 12.0 Å². The van der Waals surface area contributed by atoms with E-state index in [1.807, 2.05) is 37.3 Å². The van der Waals surface area contributed by atoms with Crippen LogP contribution in [-0.2, 0) is 16.1 Å². The molecule has 1 aromatic carbocycles. The van der Waals surface area contributed by atoms with Crippen LogP contribution < -0.4 is 5.11 Å². The fourth-order valence-electron chi connectivity index (χ4n) is 2.57. The first-order valence-electron chi connectivity index (χ1n) is 6.17. The highest BCUT2D eigenvalue weighted by Crippen LogP contribution is 2.29. The van der Waals surface area contributed by atoms with Gasteiger partial charge in [0.1, 0.15) is 0 Å². The molecule has 0 aromatic heterocycles. The van der Waals surface area contributed by atoms with E-state index in [-0.39, 0.29) is 18.4 Å². The number of carboxylic acid groups (broad SMARTS) is 1. The minimum Gasteiger partial charge on any atom is -0.550 e. The van der Waals surface area contributed by atoms with E-state index in [9.17, 15) is 14.7 Å². The lowest BCUT2D eigenvalue weighted by Gasteiger charge is -2.27. The lowest BCUT2D eigenvalue weighted by molar-refractivity contribution is -0.312. The molecule has 2 rings (SSSR count). The van der Waals surface area contributed by atoms with E-state index < -0.39 is 11.9 Å². The Bertz CT molecular complexity index is 444. The Balaban J connectivity index is 2.16. The zero-order chi connectivity index (χ0) is 13.1. The summed E-state index contributed by atoms with van der Waals surface area (Å²) in [4.78, 5) is 24.6. The minimum atomic E-state index is -1.12. The van der Waals surface area contributed by atoms with Crippen molar-refractivity contribution in [1.29, 1.82) is 0 Å². The Morgan fingerprint density at radius 2 is 2.06 bits per heavy atom. The number of hydrogen-bond donors (Lipinski definition) is 0. The molecule has 2 atom stereocenters. The van der Waals surface area contributed by atoms with Gasteiger partial charge in [0.2, 0.25) is 5.91 Å². The van der Waals surface area contributed by atoms with Crippen molar-refractivity contribution in [3.05, 3.63) is 35.9 Å². The van der Waals surface area contributed by atoms with Crippen molar-refractivity contribution in [1.82, 2.24) is 4.90 Å². The van der Waals surface area contributed by atoms with Crippen molar-refractivity contribution >= 4 is 11.9 Å². The van der Waals surface area contributed by atoms with Gasteiger partial charge in [-0.1, -0.05) is 37.3 Å². The molecule has 0 radical (unpaired) electrons. The monoisotopic (exact) mass is 246 g/mol. The van der Waals surface area contributed by atoms with E-state index in [2.05, 4.69) is 0 Å². The average Bonchev–Trinajstić information content (AvgIpc) is 2.68. The Morgan fingerprint density at radius 3 is 2.61 bits per heavy atom. The fourth-order valence-corrected chi connectivity index (χ4v) is 2.57. The molecular weight excluding hydrogens is 230 g/mol. The third-order valence-corrected chi connectivity index (χ3v) is 3.50. The number of aliphatic carboxylic acids is 1. The van der Waals surface area contributed by atoms with Gasteiger partial charge in [-0.15, -0.1) is 0 Å². The minimum absolute atomic E-state index is 0.0632. The zero-order valence-electron chi connectivity index (χ0n) is 10.3. The lowest BCUT2D eigenvalue weighted by Crippen LogP contribution is -2.41. The number of carboxylic acids is 1. The number of rotatable bonds is 4. The summed E-state index contributed by atoms with van der Waals surface area (Å²) < 4.78 is 0. The summed E-state index contributed by atoms with van der Waals surface area (Å²) in [6, 6.07) is 9.36. The summed E-state index contributed by atoms with van der Waals surface area (Å²) >= 11 is 0. The standard InChI is InChI=1S/C14H17NO3/c1-2-12-11(14(17)18)8-13(16)15(12)9-10-6-4-3-5-7-10/h3-7,11-12H,2,8-9H2,1H3,(H,17,18)/p-1. The Labute approximate surface area is 106 Å². The second-order valence-corrected chi connectivity index (χ2v) is 4.61. The molecule has 96 valence electrons. The van der Waals surface area contributed by atoms with E-state index in [1.54, 1.807) is 4.90 Å². The first kappa shape index (κ1) is 12.6. The van der Waals surface area contributed by atoms with E-state index in [4.69, 9.17) is 0 Å². The van der Waals surface area contributed by atoms with Gasteiger partial charge in [-0.2, -0.15) is 0 Å². The predicted octanol–water partition coefficient (Wildman–Crippen LogP) is 0.564. The Morgan fingerprint density at radius 1 is 1.39 bits per heavy atom. The van der Waals surface area contributed by atoms with Gasteiger partial charge in [-0.3, -0.25) is 4.79 Å². The third-order valence-electron chi connectivity index (χ3n) is 3.50. The lowest BCUT2D eigenvalue weighted by atomic mass is 9.98. The van der Waals surface area contributed by atoms with Crippen molar-refractivity contribution in [3.8, 4) is 0 Å². The number of carbonyl (C=O) groups is 2. The SMILES string of the molecule is CCC1C(C(=O)[O-])CC(=O)N1Cc1ccccc1. The Hall–Kier alpha value is -1.84. The third kappa shape index (κ3) is 2.37. The molecule has 0 spiro atoms. The first-order valence-corrected chi connectivity index (χ1v) is 6.17. The van der Waals surface area contributed by atoms with Crippen LogP contribution in [0.25, 0.3) is 0 Å². The maximum absolute atomic E-state index is 11.9. The number of carbonyl (C=O) groups excluding carboxylic acids is 2. The maximum Gasteiger partial charge on any atom is 0.223 e. The van der Waals surface area contributed by atoms with Crippen LogP contribution in [0, 0.1) is 5.92 Å². The van der Waals surface area contributed by atoms with Gasteiger partial charge < -0.3 is 14.8 Å². The van der Waals surface area contributed by atoms with Gasteiger partial charge in [0.15, 0.2) is 0 Å². The van der Waals surface area contributed by atoms with Crippen LogP contribution in [0.3, 0.4) is 0 Å². The van der Waals surface area contributed by atoms with Crippen molar-refractivity contribution in [3.63, 3.8) is 0 Å². The molecule has 4 nitrogen and oxygen atoms in total. The molecule has 1 aliphatic heterocycles. The van der Waals surface area contributed by atoms with Crippen LogP contribution >= 0.6 is 0 Å². The molecule has 1 fully saturated rings. The van der Waals surface area contributed by atoms with Gasteiger partial charge in [0, 0.05) is 30.9 Å². The van der Waals surface area contributed by atoms with Gasteiger partial charge >= 0.3 is 0 Å². The van der Waals surface area contributed by atoms with Crippen molar-refractivity contribution in [2.24, 2.45) is 5.92 Å². The van der Waals surface area contributed by atoms with E-state index >= 15 is 0 Å². The summed E-state index contributed by atoms with van der Waals surface area (Å²) in [6.07, 6.45) is 0.699. The molecule has 1 heterocycles. The highest BCUT2D eigenvalue weighted by molar-refractivity contribution is 5.86. The molecular formula is C14H16NO3-. The normalized spacial score (nSPS) is 23.4.